The lowest BCUT2D eigenvalue weighted by molar-refractivity contribution is -0.163. The van der Waals surface area contributed by atoms with E-state index in [1.54, 1.807) is 13.8 Å². The van der Waals surface area contributed by atoms with Gasteiger partial charge >= 0.3 is 11.9 Å². The molecule has 2 atom stereocenters. The van der Waals surface area contributed by atoms with Gasteiger partial charge < -0.3 is 23.7 Å². The summed E-state index contributed by atoms with van der Waals surface area (Å²) in [7, 11) is 0. The SMILES string of the molecule is CCCCCC1CCC(/C=C/COc2ccc(-c3ccc(C4O[C@@H](C(=O)OCC)[C@H](C(=O)OCC)O4)cc3)cc2)CC1. The van der Waals surface area contributed by atoms with E-state index >= 15 is 0 Å². The molecule has 0 amide bonds. The van der Waals surface area contributed by atoms with Crippen LogP contribution in [0.15, 0.2) is 60.7 Å². The third kappa shape index (κ3) is 8.92. The second-order valence-corrected chi connectivity index (χ2v) is 11.1. The summed E-state index contributed by atoms with van der Waals surface area (Å²) < 4.78 is 27.7. The third-order valence-corrected chi connectivity index (χ3v) is 8.09. The molecule has 7 heteroatoms. The van der Waals surface area contributed by atoms with Gasteiger partial charge in [-0.1, -0.05) is 81.2 Å². The van der Waals surface area contributed by atoms with Crippen molar-refractivity contribution in [3.63, 3.8) is 0 Å². The highest BCUT2D eigenvalue weighted by Crippen LogP contribution is 2.35. The standard InChI is InChI=1S/C35H46O7/c1-4-7-8-10-25-12-14-26(15-13-25)11-9-24-40-30-22-20-28(21-23-30)27-16-18-29(19-17-27)35-41-31(33(36)38-5-2)32(42-35)34(37)39-6-3/h9,11,16-23,25-26,31-32,35H,4-8,10,12-15,24H2,1-3H3/b11-9+/t25?,26?,31-,32-/m1/s1. The highest BCUT2D eigenvalue weighted by atomic mass is 16.8. The molecule has 1 heterocycles. The Labute approximate surface area is 250 Å². The predicted molar refractivity (Wildman–Crippen MR) is 162 cm³/mol. The molecule has 0 unspecified atom stereocenters. The van der Waals surface area contributed by atoms with Gasteiger partial charge in [-0.2, -0.15) is 0 Å². The smallest absolute Gasteiger partial charge is 0.338 e. The molecule has 0 N–H and O–H groups in total. The van der Waals surface area contributed by atoms with Crippen molar-refractivity contribution in [1.82, 2.24) is 0 Å². The maximum Gasteiger partial charge on any atom is 0.338 e. The molecule has 1 aliphatic heterocycles. The number of carbonyl (C=O) groups is 2. The van der Waals surface area contributed by atoms with Crippen molar-refractivity contribution in [3.05, 3.63) is 66.2 Å². The summed E-state index contributed by atoms with van der Waals surface area (Å²) in [5, 5.41) is 0. The van der Waals surface area contributed by atoms with Gasteiger partial charge in [0.15, 0.2) is 18.5 Å². The maximum atomic E-state index is 12.4. The lowest BCUT2D eigenvalue weighted by Crippen LogP contribution is -2.39. The van der Waals surface area contributed by atoms with Crippen LogP contribution in [0.5, 0.6) is 5.75 Å². The Balaban J connectivity index is 1.25. The average molecular weight is 579 g/mol. The summed E-state index contributed by atoms with van der Waals surface area (Å²) in [6, 6.07) is 15.7. The van der Waals surface area contributed by atoms with Gasteiger partial charge in [-0.15, -0.1) is 0 Å². The van der Waals surface area contributed by atoms with Crippen molar-refractivity contribution in [3.8, 4) is 16.9 Å². The quantitative estimate of drug-likeness (QED) is 0.130. The molecule has 228 valence electrons. The van der Waals surface area contributed by atoms with Crippen molar-refractivity contribution in [1.29, 1.82) is 0 Å². The molecule has 2 aromatic rings. The Morgan fingerprint density at radius 2 is 1.36 bits per heavy atom. The van der Waals surface area contributed by atoms with Crippen LogP contribution in [0.1, 0.15) is 84.0 Å². The number of benzene rings is 2. The molecule has 7 nitrogen and oxygen atoms in total. The van der Waals surface area contributed by atoms with Crippen LogP contribution in [-0.2, 0) is 28.5 Å². The molecular weight excluding hydrogens is 532 g/mol. The zero-order valence-corrected chi connectivity index (χ0v) is 25.3. The number of carbonyl (C=O) groups excluding carboxylic acids is 2. The summed E-state index contributed by atoms with van der Waals surface area (Å²) in [4.78, 5) is 24.7. The number of hydrogen-bond donors (Lipinski definition) is 0. The van der Waals surface area contributed by atoms with E-state index < -0.39 is 30.4 Å². The van der Waals surface area contributed by atoms with Gasteiger partial charge in [-0.05, 0) is 74.6 Å². The first kappa shape index (κ1) is 31.8. The van der Waals surface area contributed by atoms with Gasteiger partial charge in [0.05, 0.1) is 13.2 Å². The molecule has 42 heavy (non-hydrogen) atoms. The first-order valence-corrected chi connectivity index (χ1v) is 15.7. The number of allylic oxidation sites excluding steroid dienone is 1. The Hall–Kier alpha value is -3.16. The minimum absolute atomic E-state index is 0.175. The van der Waals surface area contributed by atoms with E-state index in [9.17, 15) is 9.59 Å². The first-order valence-electron chi connectivity index (χ1n) is 15.7. The second kappa shape index (κ2) is 16.5. The largest absolute Gasteiger partial charge is 0.490 e. The number of hydrogen-bond acceptors (Lipinski definition) is 7. The summed E-state index contributed by atoms with van der Waals surface area (Å²) >= 11 is 0. The van der Waals surface area contributed by atoms with Gasteiger partial charge in [0, 0.05) is 5.56 Å². The third-order valence-electron chi connectivity index (χ3n) is 8.09. The summed E-state index contributed by atoms with van der Waals surface area (Å²) in [6.45, 7) is 6.59. The van der Waals surface area contributed by atoms with Crippen molar-refractivity contribution in [2.75, 3.05) is 19.8 Å². The second-order valence-electron chi connectivity index (χ2n) is 11.1. The summed E-state index contributed by atoms with van der Waals surface area (Å²) in [6.07, 6.45) is 12.1. The normalized spacial score (nSPS) is 22.7. The van der Waals surface area contributed by atoms with Gasteiger partial charge in [-0.25, -0.2) is 9.59 Å². The fourth-order valence-corrected chi connectivity index (χ4v) is 5.73. The lowest BCUT2D eigenvalue weighted by Gasteiger charge is -2.26. The first-order chi connectivity index (χ1) is 20.5. The molecule has 0 spiro atoms. The van der Waals surface area contributed by atoms with Crippen LogP contribution in [0.25, 0.3) is 11.1 Å². The molecule has 1 aliphatic carbocycles. The Morgan fingerprint density at radius 1 is 0.786 bits per heavy atom. The van der Waals surface area contributed by atoms with E-state index in [1.807, 2.05) is 48.5 Å². The fraction of sp³-hybridized carbons (Fsp3) is 0.543. The van der Waals surface area contributed by atoms with Crippen LogP contribution in [0.4, 0.5) is 0 Å². The van der Waals surface area contributed by atoms with Gasteiger partial charge in [0.1, 0.15) is 12.4 Å². The van der Waals surface area contributed by atoms with Crippen LogP contribution in [0.2, 0.25) is 0 Å². The van der Waals surface area contributed by atoms with E-state index in [4.69, 9.17) is 23.7 Å². The molecule has 4 rings (SSSR count). The molecule has 0 radical (unpaired) electrons. The minimum atomic E-state index is -1.17. The predicted octanol–water partition coefficient (Wildman–Crippen LogP) is 7.58. The van der Waals surface area contributed by atoms with Crippen LogP contribution in [0, 0.1) is 11.8 Å². The van der Waals surface area contributed by atoms with Crippen molar-refractivity contribution in [2.24, 2.45) is 11.8 Å². The fourth-order valence-electron chi connectivity index (χ4n) is 5.73. The Morgan fingerprint density at radius 3 is 1.90 bits per heavy atom. The number of esters is 2. The molecule has 1 saturated carbocycles. The van der Waals surface area contributed by atoms with Crippen LogP contribution < -0.4 is 4.74 Å². The molecule has 2 aromatic carbocycles. The van der Waals surface area contributed by atoms with Crippen LogP contribution in [0.3, 0.4) is 0 Å². The van der Waals surface area contributed by atoms with Gasteiger partial charge in [0.2, 0.25) is 0 Å². The maximum absolute atomic E-state index is 12.4. The number of rotatable bonds is 14. The van der Waals surface area contributed by atoms with E-state index in [2.05, 4.69) is 19.1 Å². The van der Waals surface area contributed by atoms with Crippen LogP contribution in [-0.4, -0.2) is 44.0 Å². The molecule has 2 fully saturated rings. The Kier molecular flexibility index (Phi) is 12.5. The van der Waals surface area contributed by atoms with Crippen LogP contribution >= 0.6 is 0 Å². The Bertz CT molecular complexity index is 1110. The molecule has 0 aromatic heterocycles. The minimum Gasteiger partial charge on any atom is -0.490 e. The lowest BCUT2D eigenvalue weighted by atomic mass is 9.79. The van der Waals surface area contributed by atoms with Crippen molar-refractivity contribution >= 4 is 11.9 Å². The summed E-state index contributed by atoms with van der Waals surface area (Å²) in [5.41, 5.74) is 2.75. The van der Waals surface area contributed by atoms with E-state index in [0.717, 1.165) is 22.8 Å². The molecular formula is C35H46O7. The van der Waals surface area contributed by atoms with Gasteiger partial charge in [0.25, 0.3) is 0 Å². The van der Waals surface area contributed by atoms with E-state index in [-0.39, 0.29) is 13.2 Å². The zero-order valence-electron chi connectivity index (χ0n) is 25.3. The van der Waals surface area contributed by atoms with Crippen molar-refractivity contribution < 1.29 is 33.3 Å². The number of ether oxygens (including phenoxy) is 5. The van der Waals surface area contributed by atoms with Gasteiger partial charge in [-0.3, -0.25) is 0 Å². The van der Waals surface area contributed by atoms with E-state index in [1.165, 1.54) is 51.4 Å². The molecule has 1 saturated heterocycles. The molecule has 2 aliphatic rings. The number of unbranched alkanes of at least 4 members (excludes halogenated alkanes) is 2. The topological polar surface area (TPSA) is 80.3 Å². The highest BCUT2D eigenvalue weighted by molar-refractivity contribution is 5.86. The molecule has 0 bridgehead atoms. The monoisotopic (exact) mass is 578 g/mol. The highest BCUT2D eigenvalue weighted by Gasteiger charge is 2.47. The summed E-state index contributed by atoms with van der Waals surface area (Å²) in [5.74, 6) is 1.17. The average Bonchev–Trinajstić information content (AvgIpc) is 3.47. The zero-order chi connectivity index (χ0) is 29.7. The van der Waals surface area contributed by atoms with E-state index in [0.29, 0.717) is 18.1 Å². The van der Waals surface area contributed by atoms with Crippen molar-refractivity contribution in [2.45, 2.75) is 90.6 Å².